The minimum atomic E-state index is -1.35. The van der Waals surface area contributed by atoms with Gasteiger partial charge in [0.2, 0.25) is 5.91 Å². The fraction of sp³-hybridized carbons (Fsp3) is 0.389. The third kappa shape index (κ3) is 9.41. The zero-order valence-electron chi connectivity index (χ0n) is 26.5. The highest BCUT2D eigenvalue weighted by molar-refractivity contribution is 5.92. The zero-order chi connectivity index (χ0) is 32.6. The van der Waals surface area contributed by atoms with Crippen LogP contribution in [-0.4, -0.2) is 48.2 Å². The Balaban J connectivity index is 1.45. The molecule has 0 heterocycles. The molecule has 238 valence electrons. The Bertz CT molecular complexity index is 1450. The molecule has 3 aromatic rings. The lowest BCUT2D eigenvalue weighted by Crippen LogP contribution is -2.53. The van der Waals surface area contributed by atoms with Gasteiger partial charge in [0.15, 0.2) is 0 Å². The predicted octanol–water partition coefficient (Wildman–Crippen LogP) is 5.90. The van der Waals surface area contributed by atoms with Crippen molar-refractivity contribution in [2.75, 3.05) is 6.61 Å². The van der Waals surface area contributed by atoms with Crippen LogP contribution in [0.2, 0.25) is 0 Å². The van der Waals surface area contributed by atoms with Crippen LogP contribution in [0.4, 0.5) is 4.79 Å². The van der Waals surface area contributed by atoms with E-state index in [1.54, 1.807) is 20.8 Å². The highest BCUT2D eigenvalue weighted by Gasteiger charge is 2.33. The standard InChI is InChI=1S/C36H42N2O7/c1-23(2)19-31(34(41)43-21-24-13-7-6-8-14-24)37-33(40)30(20-32(39)45-36(3,4)5)38-35(42)44-22-29-27-17-11-9-15-25(27)26-16-10-12-18-28(26)29/h6-18,23,29-31H,19-22H2,1-5H3,(H,37,40)(H,38,42)/t30-,31+/m0/s1. The summed E-state index contributed by atoms with van der Waals surface area (Å²) < 4.78 is 16.6. The molecule has 45 heavy (non-hydrogen) atoms. The van der Waals surface area contributed by atoms with Crippen LogP contribution in [0.5, 0.6) is 0 Å². The van der Waals surface area contributed by atoms with Gasteiger partial charge >= 0.3 is 18.0 Å². The SMILES string of the molecule is CC(C)C[C@@H](NC(=O)[C@H](CC(=O)OC(C)(C)C)NC(=O)OCC1c2ccccc2-c2ccccc21)C(=O)OCc1ccccc1. The second-order valence-corrected chi connectivity index (χ2v) is 12.6. The molecular weight excluding hydrogens is 572 g/mol. The first-order chi connectivity index (χ1) is 21.4. The van der Waals surface area contributed by atoms with Crippen LogP contribution in [0, 0.1) is 5.92 Å². The van der Waals surface area contributed by atoms with E-state index < -0.39 is 48.0 Å². The maximum absolute atomic E-state index is 13.5. The van der Waals surface area contributed by atoms with E-state index in [1.807, 2.05) is 92.7 Å². The molecule has 0 aliphatic heterocycles. The number of alkyl carbamates (subject to hydrolysis) is 1. The quantitative estimate of drug-likeness (QED) is 0.193. The van der Waals surface area contributed by atoms with Gasteiger partial charge in [0.25, 0.3) is 0 Å². The van der Waals surface area contributed by atoms with E-state index >= 15 is 0 Å². The first-order valence-corrected chi connectivity index (χ1v) is 15.3. The molecule has 0 saturated carbocycles. The normalized spacial score (nSPS) is 13.6. The smallest absolute Gasteiger partial charge is 0.407 e. The van der Waals surface area contributed by atoms with Gasteiger partial charge in [0.05, 0.1) is 6.42 Å². The monoisotopic (exact) mass is 614 g/mol. The van der Waals surface area contributed by atoms with Crippen LogP contribution in [0.1, 0.15) is 70.1 Å². The maximum Gasteiger partial charge on any atom is 0.407 e. The first kappa shape index (κ1) is 33.2. The predicted molar refractivity (Wildman–Crippen MR) is 170 cm³/mol. The van der Waals surface area contributed by atoms with Crippen LogP contribution in [0.25, 0.3) is 11.1 Å². The largest absolute Gasteiger partial charge is 0.460 e. The maximum atomic E-state index is 13.5. The molecule has 9 nitrogen and oxygen atoms in total. The number of amides is 2. The van der Waals surface area contributed by atoms with Crippen LogP contribution < -0.4 is 10.6 Å². The Morgan fingerprint density at radius 2 is 1.33 bits per heavy atom. The van der Waals surface area contributed by atoms with Crippen molar-refractivity contribution in [3.05, 3.63) is 95.6 Å². The molecule has 2 atom stereocenters. The molecule has 0 aromatic heterocycles. The number of carbonyl (C=O) groups is 4. The van der Waals surface area contributed by atoms with Crippen LogP contribution in [0.3, 0.4) is 0 Å². The van der Waals surface area contributed by atoms with Crippen molar-refractivity contribution in [2.45, 2.75) is 77.7 Å². The molecule has 9 heteroatoms. The van der Waals surface area contributed by atoms with Gasteiger partial charge in [-0.15, -0.1) is 0 Å². The summed E-state index contributed by atoms with van der Waals surface area (Å²) in [5.41, 5.74) is 4.25. The van der Waals surface area contributed by atoms with E-state index in [0.29, 0.717) is 6.42 Å². The second-order valence-electron chi connectivity index (χ2n) is 12.6. The average molecular weight is 615 g/mol. The van der Waals surface area contributed by atoms with E-state index in [2.05, 4.69) is 10.6 Å². The highest BCUT2D eigenvalue weighted by Crippen LogP contribution is 2.44. The molecule has 0 fully saturated rings. The van der Waals surface area contributed by atoms with Gasteiger partial charge in [-0.1, -0.05) is 92.7 Å². The van der Waals surface area contributed by atoms with Gasteiger partial charge in [-0.2, -0.15) is 0 Å². The minimum absolute atomic E-state index is 0.0302. The van der Waals surface area contributed by atoms with Gasteiger partial charge in [0.1, 0.15) is 30.9 Å². The lowest BCUT2D eigenvalue weighted by atomic mass is 9.98. The number of esters is 2. The van der Waals surface area contributed by atoms with Gasteiger partial charge in [-0.3, -0.25) is 9.59 Å². The molecule has 0 bridgehead atoms. The molecule has 4 rings (SSSR count). The molecular formula is C36H42N2O7. The minimum Gasteiger partial charge on any atom is -0.460 e. The number of rotatable bonds is 12. The van der Waals surface area contributed by atoms with Gasteiger partial charge in [-0.05, 0) is 60.9 Å². The number of ether oxygens (including phenoxy) is 3. The lowest BCUT2D eigenvalue weighted by molar-refractivity contribution is -0.156. The fourth-order valence-electron chi connectivity index (χ4n) is 5.33. The van der Waals surface area contributed by atoms with E-state index in [9.17, 15) is 19.2 Å². The van der Waals surface area contributed by atoms with Crippen LogP contribution >= 0.6 is 0 Å². The van der Waals surface area contributed by atoms with Crippen LogP contribution in [-0.2, 0) is 35.2 Å². The highest BCUT2D eigenvalue weighted by atomic mass is 16.6. The van der Waals surface area contributed by atoms with Crippen molar-refractivity contribution < 1.29 is 33.4 Å². The summed E-state index contributed by atoms with van der Waals surface area (Å²) in [7, 11) is 0. The van der Waals surface area contributed by atoms with Crippen molar-refractivity contribution >= 4 is 23.9 Å². The molecule has 3 aromatic carbocycles. The molecule has 1 aliphatic rings. The van der Waals surface area contributed by atoms with Crippen molar-refractivity contribution in [1.29, 1.82) is 0 Å². The Morgan fingerprint density at radius 3 is 1.91 bits per heavy atom. The summed E-state index contributed by atoms with van der Waals surface area (Å²) in [6, 6.07) is 22.8. The summed E-state index contributed by atoms with van der Waals surface area (Å²) in [5.74, 6) is -2.17. The number of nitrogens with one attached hydrogen (secondary N) is 2. The summed E-state index contributed by atoms with van der Waals surface area (Å²) in [6.07, 6.45) is -1.03. The molecule has 1 aliphatic carbocycles. The van der Waals surface area contributed by atoms with Crippen molar-refractivity contribution in [3.63, 3.8) is 0 Å². The average Bonchev–Trinajstić information content (AvgIpc) is 3.31. The van der Waals surface area contributed by atoms with E-state index in [-0.39, 0.29) is 25.0 Å². The molecule has 0 unspecified atom stereocenters. The van der Waals surface area contributed by atoms with Crippen LogP contribution in [0.15, 0.2) is 78.9 Å². The lowest BCUT2D eigenvalue weighted by Gasteiger charge is -2.25. The van der Waals surface area contributed by atoms with E-state index in [0.717, 1.165) is 27.8 Å². The van der Waals surface area contributed by atoms with Crippen molar-refractivity contribution in [3.8, 4) is 11.1 Å². The number of benzene rings is 3. The number of hydrogen-bond acceptors (Lipinski definition) is 7. The number of hydrogen-bond donors (Lipinski definition) is 2. The number of carbonyl (C=O) groups excluding carboxylic acids is 4. The zero-order valence-corrected chi connectivity index (χ0v) is 26.5. The summed E-state index contributed by atoms with van der Waals surface area (Å²) in [6.45, 7) is 9.03. The van der Waals surface area contributed by atoms with Crippen molar-refractivity contribution in [1.82, 2.24) is 10.6 Å². The van der Waals surface area contributed by atoms with Crippen molar-refractivity contribution in [2.24, 2.45) is 5.92 Å². The third-order valence-electron chi connectivity index (χ3n) is 7.28. The first-order valence-electron chi connectivity index (χ1n) is 15.3. The van der Waals surface area contributed by atoms with E-state index in [4.69, 9.17) is 14.2 Å². The molecule has 0 radical (unpaired) electrons. The third-order valence-corrected chi connectivity index (χ3v) is 7.28. The van der Waals surface area contributed by atoms with Gasteiger partial charge in [0, 0.05) is 5.92 Å². The fourth-order valence-corrected chi connectivity index (χ4v) is 5.33. The molecule has 0 spiro atoms. The Hall–Kier alpha value is -4.66. The second kappa shape index (κ2) is 14.9. The van der Waals surface area contributed by atoms with Gasteiger partial charge in [-0.25, -0.2) is 9.59 Å². The Kier molecular flexibility index (Phi) is 11.0. The Labute approximate surface area is 264 Å². The van der Waals surface area contributed by atoms with E-state index in [1.165, 1.54) is 0 Å². The molecule has 2 N–H and O–H groups in total. The summed E-state index contributed by atoms with van der Waals surface area (Å²) in [4.78, 5) is 52.5. The number of fused-ring (bicyclic) bond motifs is 3. The molecule has 2 amide bonds. The van der Waals surface area contributed by atoms with Gasteiger partial charge < -0.3 is 24.8 Å². The molecule has 0 saturated heterocycles. The Morgan fingerprint density at radius 1 is 0.756 bits per heavy atom. The summed E-state index contributed by atoms with van der Waals surface area (Å²) >= 11 is 0. The topological polar surface area (TPSA) is 120 Å². The summed E-state index contributed by atoms with van der Waals surface area (Å²) in [5, 5.41) is 5.22.